The van der Waals surface area contributed by atoms with Crippen LogP contribution in [0.1, 0.15) is 106 Å². The number of hydrogen-bond acceptors (Lipinski definition) is 0. The van der Waals surface area contributed by atoms with Gasteiger partial charge >= 0.3 is 37.9 Å². The van der Waals surface area contributed by atoms with Gasteiger partial charge in [-0.15, -0.1) is 0 Å². The first-order valence-corrected chi connectivity index (χ1v) is 16.4. The van der Waals surface area contributed by atoms with Crippen LogP contribution in [0, 0.1) is 0 Å². The summed E-state index contributed by atoms with van der Waals surface area (Å²) in [5, 5.41) is 0. The van der Waals surface area contributed by atoms with E-state index < -0.39 is 20.8 Å². The second kappa shape index (κ2) is 11.1. The summed E-state index contributed by atoms with van der Waals surface area (Å²) in [5.74, 6) is 0. The summed E-state index contributed by atoms with van der Waals surface area (Å²) in [6.07, 6.45) is 0. The molecule has 0 radical (unpaired) electrons. The molecule has 0 aliphatic heterocycles. The van der Waals surface area contributed by atoms with Crippen molar-refractivity contribution in [1.82, 2.24) is 9.97 Å². The molecular formula is C24H40Cl2N2Zr. The van der Waals surface area contributed by atoms with Gasteiger partial charge in [0.1, 0.15) is 0 Å². The Morgan fingerprint density at radius 2 is 0.621 bits per heavy atom. The predicted molar refractivity (Wildman–Crippen MR) is 126 cm³/mol. The van der Waals surface area contributed by atoms with Crippen molar-refractivity contribution in [3.8, 4) is 0 Å². The first-order chi connectivity index (χ1) is 12.8. The first kappa shape index (κ1) is 29.0. The number of aromatic nitrogens is 2. The quantitative estimate of drug-likeness (QED) is 0.355. The van der Waals surface area contributed by atoms with Gasteiger partial charge in [0.25, 0.3) is 0 Å². The Hall–Kier alpha value is 0.0231. The van der Waals surface area contributed by atoms with Crippen molar-refractivity contribution < 1.29 is 20.8 Å². The Labute approximate surface area is 198 Å². The van der Waals surface area contributed by atoms with Crippen molar-refractivity contribution in [3.63, 3.8) is 0 Å². The van der Waals surface area contributed by atoms with E-state index in [1.165, 1.54) is 22.8 Å². The maximum atomic E-state index is 4.93. The Morgan fingerprint density at radius 3 is 0.690 bits per heavy atom. The fourth-order valence-electron chi connectivity index (χ4n) is 2.40. The van der Waals surface area contributed by atoms with Crippen molar-refractivity contribution in [2.45, 2.75) is 105 Å². The Kier molecular flexibility index (Phi) is 11.1. The van der Waals surface area contributed by atoms with Crippen LogP contribution in [0.5, 0.6) is 0 Å². The van der Waals surface area contributed by atoms with Gasteiger partial charge in [-0.05, 0) is 21.7 Å². The van der Waals surface area contributed by atoms with Gasteiger partial charge in [-0.25, -0.2) is 0 Å². The number of rotatable bonds is 0. The zero-order valence-electron chi connectivity index (χ0n) is 20.5. The molecule has 29 heavy (non-hydrogen) atoms. The average molecular weight is 519 g/mol. The molecule has 0 aromatic carbocycles. The van der Waals surface area contributed by atoms with E-state index >= 15 is 0 Å². The predicted octanol–water partition coefficient (Wildman–Crippen LogP) is 7.85. The van der Waals surface area contributed by atoms with Crippen molar-refractivity contribution in [2.75, 3.05) is 0 Å². The molecule has 0 bridgehead atoms. The van der Waals surface area contributed by atoms with Crippen LogP contribution in [0.4, 0.5) is 0 Å². The summed E-state index contributed by atoms with van der Waals surface area (Å²) in [7, 11) is 9.87. The van der Waals surface area contributed by atoms with Gasteiger partial charge in [0, 0.05) is 0 Å². The zero-order valence-corrected chi connectivity index (χ0v) is 24.4. The molecule has 2 aromatic rings. The molecule has 0 atom stereocenters. The molecule has 0 spiro atoms. The molecule has 0 unspecified atom stereocenters. The van der Waals surface area contributed by atoms with E-state index in [1.807, 2.05) is 0 Å². The van der Waals surface area contributed by atoms with Crippen LogP contribution in [0.25, 0.3) is 0 Å². The molecule has 0 saturated carbocycles. The van der Waals surface area contributed by atoms with E-state index in [1.54, 1.807) is 0 Å². The van der Waals surface area contributed by atoms with Crippen molar-refractivity contribution in [3.05, 3.63) is 47.0 Å². The van der Waals surface area contributed by atoms with Gasteiger partial charge in [0.05, 0.1) is 0 Å². The van der Waals surface area contributed by atoms with Crippen molar-refractivity contribution in [2.24, 2.45) is 0 Å². The van der Waals surface area contributed by atoms with Gasteiger partial charge in [0.2, 0.25) is 0 Å². The summed E-state index contributed by atoms with van der Waals surface area (Å²) in [4.78, 5) is 9.31. The molecule has 0 fully saturated rings. The van der Waals surface area contributed by atoms with E-state index in [4.69, 9.17) is 17.0 Å². The Morgan fingerprint density at radius 1 is 0.483 bits per heavy atom. The summed E-state index contributed by atoms with van der Waals surface area (Å²) in [5.41, 5.74) is 5.45. The third kappa shape index (κ3) is 10.7. The van der Waals surface area contributed by atoms with Gasteiger partial charge in [-0.1, -0.05) is 107 Å². The Bertz CT molecular complexity index is 598. The van der Waals surface area contributed by atoms with Gasteiger partial charge in [0.15, 0.2) is 0 Å². The minimum absolute atomic E-state index is 0.170. The van der Waals surface area contributed by atoms with Crippen LogP contribution in [0.3, 0.4) is 0 Å². The van der Waals surface area contributed by atoms with Gasteiger partial charge in [-0.3, -0.25) is 0 Å². The minimum atomic E-state index is -0.826. The van der Waals surface area contributed by atoms with Crippen LogP contribution >= 0.6 is 17.0 Å². The van der Waals surface area contributed by atoms with E-state index in [9.17, 15) is 0 Å². The fourth-order valence-corrected chi connectivity index (χ4v) is 2.40. The van der Waals surface area contributed by atoms with Gasteiger partial charge in [-0.2, -0.15) is 22.8 Å². The molecule has 0 amide bonds. The van der Waals surface area contributed by atoms with Crippen molar-refractivity contribution in [1.29, 1.82) is 0 Å². The summed E-state index contributed by atoms with van der Waals surface area (Å²) < 4.78 is 0. The second-order valence-electron chi connectivity index (χ2n) is 11.5. The second-order valence-corrected chi connectivity index (χ2v) is 15.2. The molecule has 164 valence electrons. The molecule has 0 saturated heterocycles. The summed E-state index contributed by atoms with van der Waals surface area (Å²) in [6, 6.07) is 8.56. The molecule has 2 heterocycles. The van der Waals surface area contributed by atoms with Crippen LogP contribution in [-0.4, -0.2) is 0 Å². The van der Waals surface area contributed by atoms with Crippen LogP contribution < -0.4 is 9.97 Å². The SMILES string of the molecule is CC(C)(C)c1ccc(C(C)(C)C)[n-]1.CC(C)(C)c1ccc(C(C)(C)C)[n-]1.[Cl][Zr+2][Cl]. The third-order valence-corrected chi connectivity index (χ3v) is 4.35. The first-order valence-electron chi connectivity index (χ1n) is 10.1. The number of halogens is 2. The van der Waals surface area contributed by atoms with Crippen molar-refractivity contribution >= 4 is 17.0 Å². The molecular weight excluding hydrogens is 478 g/mol. The standard InChI is InChI=1S/2C12H20N.2ClH.Zr/c2*1-11(2,3)9-7-8-10(13-9)12(4,5)6;;;/h2*7-8H,1-6H3;2*1H;/q2*-1;;;+4/p-2. The van der Waals surface area contributed by atoms with Crippen LogP contribution in [0.2, 0.25) is 0 Å². The van der Waals surface area contributed by atoms with E-state index in [-0.39, 0.29) is 21.7 Å². The summed E-state index contributed by atoms with van der Waals surface area (Å²) in [6.45, 7) is 26.4. The molecule has 2 rings (SSSR count). The third-order valence-electron chi connectivity index (χ3n) is 4.35. The normalized spacial score (nSPS) is 12.3. The fraction of sp³-hybridized carbons (Fsp3) is 0.667. The molecule has 2 nitrogen and oxygen atoms in total. The van der Waals surface area contributed by atoms with Crippen LogP contribution in [-0.2, 0) is 42.5 Å². The zero-order chi connectivity index (χ0) is 23.3. The number of hydrogen-bond donors (Lipinski definition) is 0. The average Bonchev–Trinajstić information content (AvgIpc) is 3.16. The van der Waals surface area contributed by atoms with E-state index in [0.717, 1.165) is 0 Å². The van der Waals surface area contributed by atoms with E-state index in [0.29, 0.717) is 0 Å². The van der Waals surface area contributed by atoms with Crippen LogP contribution in [0.15, 0.2) is 24.3 Å². The summed E-state index contributed by atoms with van der Waals surface area (Å²) >= 11 is -0.826. The molecule has 0 aliphatic carbocycles. The number of nitrogens with zero attached hydrogens (tertiary/aromatic N) is 2. The van der Waals surface area contributed by atoms with Gasteiger partial charge < -0.3 is 9.97 Å². The molecule has 5 heteroatoms. The molecule has 2 aromatic heterocycles. The monoisotopic (exact) mass is 516 g/mol. The molecule has 0 N–H and O–H groups in total. The maximum absolute atomic E-state index is 4.93. The van der Waals surface area contributed by atoms with E-state index in [2.05, 4.69) is 117 Å². The topological polar surface area (TPSA) is 28.2 Å². The molecule has 0 aliphatic rings. The Balaban J connectivity index is 0.000000477.